The van der Waals surface area contributed by atoms with Crippen molar-refractivity contribution >= 4 is 11.6 Å². The highest BCUT2D eigenvalue weighted by molar-refractivity contribution is 6.30. The molecule has 2 aromatic rings. The van der Waals surface area contributed by atoms with Gasteiger partial charge in [-0.3, -0.25) is 0 Å². The molecule has 1 aromatic heterocycles. The first-order valence-electron chi connectivity index (χ1n) is 5.01. The van der Waals surface area contributed by atoms with Crippen LogP contribution < -0.4 is 5.73 Å². The Hall–Kier alpha value is -1.53. The van der Waals surface area contributed by atoms with Gasteiger partial charge in [-0.1, -0.05) is 11.6 Å². The van der Waals surface area contributed by atoms with Crippen molar-refractivity contribution in [1.82, 2.24) is 9.55 Å². The number of halogens is 4. The molecule has 2 N–H and O–H groups in total. The fourth-order valence-corrected chi connectivity index (χ4v) is 1.81. The largest absolute Gasteiger partial charge is 0.416 e. The summed E-state index contributed by atoms with van der Waals surface area (Å²) in [6.45, 7) is 0.174. The van der Waals surface area contributed by atoms with E-state index in [1.165, 1.54) is 23.2 Å². The predicted molar refractivity (Wildman–Crippen MR) is 61.5 cm³/mol. The number of aromatic nitrogens is 2. The van der Waals surface area contributed by atoms with Crippen molar-refractivity contribution in [1.29, 1.82) is 0 Å². The molecule has 0 bridgehead atoms. The first kappa shape index (κ1) is 12.9. The predicted octanol–water partition coefficient (Wildman–Crippen LogP) is 3.00. The van der Waals surface area contributed by atoms with Crippen LogP contribution in [-0.4, -0.2) is 9.55 Å². The lowest BCUT2D eigenvalue weighted by Gasteiger charge is -2.12. The minimum Gasteiger partial charge on any atom is -0.325 e. The van der Waals surface area contributed by atoms with Gasteiger partial charge in [-0.25, -0.2) is 4.98 Å². The van der Waals surface area contributed by atoms with Crippen LogP contribution in [0.3, 0.4) is 0 Å². The number of hydrogen-bond donors (Lipinski definition) is 1. The number of nitrogens with two attached hydrogens (primary N) is 1. The molecule has 0 amide bonds. The van der Waals surface area contributed by atoms with Gasteiger partial charge < -0.3 is 10.3 Å². The molecule has 1 heterocycles. The normalized spacial score (nSPS) is 11.8. The van der Waals surface area contributed by atoms with Crippen LogP contribution in [0, 0.1) is 0 Å². The van der Waals surface area contributed by atoms with Crippen LogP contribution in [0.4, 0.5) is 13.2 Å². The van der Waals surface area contributed by atoms with Crippen molar-refractivity contribution in [3.05, 3.63) is 47.0 Å². The van der Waals surface area contributed by atoms with Gasteiger partial charge in [-0.05, 0) is 18.2 Å². The maximum Gasteiger partial charge on any atom is 0.416 e. The second kappa shape index (κ2) is 4.62. The van der Waals surface area contributed by atoms with E-state index in [4.69, 9.17) is 17.3 Å². The summed E-state index contributed by atoms with van der Waals surface area (Å²) in [7, 11) is 0. The standard InChI is InChI=1S/C11H9ClF3N3/c12-8-1-7(11(13,14)15)2-9(3-8)18-6-17-5-10(18)4-16/h1-3,5-6H,4,16H2. The molecule has 0 aliphatic heterocycles. The molecule has 0 spiro atoms. The van der Waals surface area contributed by atoms with Crippen LogP contribution in [0.5, 0.6) is 0 Å². The molecular weight excluding hydrogens is 267 g/mol. The summed E-state index contributed by atoms with van der Waals surface area (Å²) >= 11 is 5.70. The molecule has 96 valence electrons. The Balaban J connectivity index is 2.56. The number of alkyl halides is 3. The average molecular weight is 276 g/mol. The molecular formula is C11H9ClF3N3. The third kappa shape index (κ3) is 2.49. The van der Waals surface area contributed by atoms with Crippen LogP contribution in [0.15, 0.2) is 30.7 Å². The fraction of sp³-hybridized carbons (Fsp3) is 0.182. The van der Waals surface area contributed by atoms with E-state index < -0.39 is 11.7 Å². The monoisotopic (exact) mass is 275 g/mol. The minimum atomic E-state index is -4.44. The quantitative estimate of drug-likeness (QED) is 0.916. The Morgan fingerprint density at radius 1 is 1.28 bits per heavy atom. The van der Waals surface area contributed by atoms with Crippen LogP contribution in [-0.2, 0) is 12.7 Å². The minimum absolute atomic E-state index is 0.0106. The van der Waals surface area contributed by atoms with Gasteiger partial charge in [0.1, 0.15) is 0 Å². The van der Waals surface area contributed by atoms with E-state index in [0.29, 0.717) is 5.69 Å². The summed E-state index contributed by atoms with van der Waals surface area (Å²) in [6.07, 6.45) is -1.55. The topological polar surface area (TPSA) is 43.8 Å². The second-order valence-corrected chi connectivity index (χ2v) is 4.09. The van der Waals surface area contributed by atoms with E-state index in [0.717, 1.165) is 12.1 Å². The summed E-state index contributed by atoms with van der Waals surface area (Å²) < 4.78 is 39.5. The molecule has 1 aromatic carbocycles. The van der Waals surface area contributed by atoms with Gasteiger partial charge in [0, 0.05) is 23.5 Å². The van der Waals surface area contributed by atoms with E-state index in [-0.39, 0.29) is 17.3 Å². The fourth-order valence-electron chi connectivity index (χ4n) is 1.58. The zero-order valence-corrected chi connectivity index (χ0v) is 9.83. The molecule has 0 saturated heterocycles. The molecule has 7 heteroatoms. The van der Waals surface area contributed by atoms with Crippen molar-refractivity contribution in [3.8, 4) is 5.69 Å². The third-order valence-electron chi connectivity index (χ3n) is 2.41. The number of imidazole rings is 1. The number of hydrogen-bond acceptors (Lipinski definition) is 2. The van der Waals surface area contributed by atoms with Crippen molar-refractivity contribution in [2.45, 2.75) is 12.7 Å². The zero-order valence-electron chi connectivity index (χ0n) is 9.08. The van der Waals surface area contributed by atoms with Gasteiger partial charge >= 0.3 is 6.18 Å². The Bertz CT molecular complexity index is 563. The summed E-state index contributed by atoms with van der Waals surface area (Å²) in [6, 6.07) is 3.31. The van der Waals surface area contributed by atoms with E-state index >= 15 is 0 Å². The van der Waals surface area contributed by atoms with Gasteiger partial charge in [0.05, 0.1) is 17.6 Å². The lowest BCUT2D eigenvalue weighted by molar-refractivity contribution is -0.137. The number of benzene rings is 1. The number of rotatable bonds is 2. The smallest absolute Gasteiger partial charge is 0.325 e. The maximum absolute atomic E-state index is 12.7. The third-order valence-corrected chi connectivity index (χ3v) is 2.63. The van der Waals surface area contributed by atoms with Crippen LogP contribution >= 0.6 is 11.6 Å². The molecule has 3 nitrogen and oxygen atoms in total. The molecule has 0 saturated carbocycles. The van der Waals surface area contributed by atoms with Gasteiger partial charge in [0.2, 0.25) is 0 Å². The Labute approximate surface area is 106 Å². The zero-order chi connectivity index (χ0) is 13.3. The summed E-state index contributed by atoms with van der Waals surface area (Å²) in [5, 5.41) is 0.0106. The SMILES string of the molecule is NCc1cncn1-c1cc(Cl)cc(C(F)(F)F)c1. The highest BCUT2D eigenvalue weighted by atomic mass is 35.5. The van der Waals surface area contributed by atoms with Gasteiger partial charge in [0.15, 0.2) is 0 Å². The highest BCUT2D eigenvalue weighted by Crippen LogP contribution is 2.33. The van der Waals surface area contributed by atoms with Crippen molar-refractivity contribution in [3.63, 3.8) is 0 Å². The lowest BCUT2D eigenvalue weighted by atomic mass is 10.2. The molecule has 0 aliphatic rings. The molecule has 2 rings (SSSR count). The highest BCUT2D eigenvalue weighted by Gasteiger charge is 2.31. The second-order valence-electron chi connectivity index (χ2n) is 3.65. The summed E-state index contributed by atoms with van der Waals surface area (Å²) in [5.74, 6) is 0. The molecule has 0 radical (unpaired) electrons. The molecule has 0 atom stereocenters. The lowest BCUT2D eigenvalue weighted by Crippen LogP contribution is -2.08. The van der Waals surface area contributed by atoms with E-state index in [1.807, 2.05) is 0 Å². The molecule has 0 aliphatic carbocycles. The first-order chi connectivity index (χ1) is 8.41. The van der Waals surface area contributed by atoms with Crippen molar-refractivity contribution in [2.24, 2.45) is 5.73 Å². The maximum atomic E-state index is 12.7. The number of nitrogens with zero attached hydrogens (tertiary/aromatic N) is 2. The Morgan fingerprint density at radius 3 is 2.61 bits per heavy atom. The van der Waals surface area contributed by atoms with Gasteiger partial charge in [0.25, 0.3) is 0 Å². The van der Waals surface area contributed by atoms with Gasteiger partial charge in [-0.15, -0.1) is 0 Å². The molecule has 18 heavy (non-hydrogen) atoms. The molecule has 0 fully saturated rings. The summed E-state index contributed by atoms with van der Waals surface area (Å²) in [4.78, 5) is 3.85. The average Bonchev–Trinajstić information content (AvgIpc) is 2.74. The van der Waals surface area contributed by atoms with E-state index in [1.54, 1.807) is 0 Å². The van der Waals surface area contributed by atoms with E-state index in [9.17, 15) is 13.2 Å². The van der Waals surface area contributed by atoms with E-state index in [2.05, 4.69) is 4.98 Å². The van der Waals surface area contributed by atoms with Crippen LogP contribution in [0.2, 0.25) is 5.02 Å². The van der Waals surface area contributed by atoms with Gasteiger partial charge in [-0.2, -0.15) is 13.2 Å². The first-order valence-corrected chi connectivity index (χ1v) is 5.39. The van der Waals surface area contributed by atoms with Crippen LogP contribution in [0.25, 0.3) is 5.69 Å². The summed E-state index contributed by atoms with van der Waals surface area (Å²) in [5.41, 5.74) is 5.56. The van der Waals surface area contributed by atoms with Crippen molar-refractivity contribution in [2.75, 3.05) is 0 Å². The van der Waals surface area contributed by atoms with Crippen molar-refractivity contribution < 1.29 is 13.2 Å². The Morgan fingerprint density at radius 2 is 2.00 bits per heavy atom. The van der Waals surface area contributed by atoms with Crippen LogP contribution in [0.1, 0.15) is 11.3 Å². The molecule has 0 unspecified atom stereocenters. The Kier molecular flexibility index (Phi) is 3.32.